The summed E-state index contributed by atoms with van der Waals surface area (Å²) in [6.45, 7) is 3.20. The van der Waals surface area contributed by atoms with E-state index in [9.17, 15) is 9.59 Å². The molecule has 0 bridgehead atoms. The Labute approximate surface area is 154 Å². The van der Waals surface area contributed by atoms with E-state index in [-0.39, 0.29) is 42.8 Å². The number of nitrogens with two attached hydrogens (primary N) is 1. The highest BCUT2D eigenvalue weighted by Gasteiger charge is 2.33. The summed E-state index contributed by atoms with van der Waals surface area (Å²) < 4.78 is 5.47. The van der Waals surface area contributed by atoms with Gasteiger partial charge >= 0.3 is 0 Å². The SMILES string of the molecule is Cl.NCC(C(=O)N1CCN(C(=O)C2CCCO2)CC1)c1ccccc1. The maximum absolute atomic E-state index is 12.8. The van der Waals surface area contributed by atoms with Crippen LogP contribution in [0.5, 0.6) is 0 Å². The second kappa shape index (κ2) is 9.17. The summed E-state index contributed by atoms with van der Waals surface area (Å²) >= 11 is 0. The topological polar surface area (TPSA) is 75.9 Å². The van der Waals surface area contributed by atoms with Gasteiger partial charge in [0.1, 0.15) is 6.10 Å². The molecule has 1 aromatic carbocycles. The predicted octanol–water partition coefficient (Wildman–Crippen LogP) is 1.00. The van der Waals surface area contributed by atoms with Crippen molar-refractivity contribution in [2.75, 3.05) is 39.3 Å². The number of nitrogens with zero attached hydrogens (tertiary/aromatic N) is 2. The van der Waals surface area contributed by atoms with Gasteiger partial charge < -0.3 is 20.3 Å². The summed E-state index contributed by atoms with van der Waals surface area (Å²) in [6.07, 6.45) is 1.47. The normalized spacial score (nSPS) is 21.6. The lowest BCUT2D eigenvalue weighted by Gasteiger charge is -2.37. The smallest absolute Gasteiger partial charge is 0.251 e. The highest BCUT2D eigenvalue weighted by Crippen LogP contribution is 2.20. The van der Waals surface area contributed by atoms with Crippen molar-refractivity contribution >= 4 is 24.2 Å². The van der Waals surface area contributed by atoms with E-state index in [1.807, 2.05) is 40.1 Å². The molecule has 0 aliphatic carbocycles. The van der Waals surface area contributed by atoms with Gasteiger partial charge in [-0.2, -0.15) is 0 Å². The van der Waals surface area contributed by atoms with Crippen LogP contribution in [0.2, 0.25) is 0 Å². The number of carbonyl (C=O) groups is 2. The molecule has 25 heavy (non-hydrogen) atoms. The highest BCUT2D eigenvalue weighted by molar-refractivity contribution is 5.85. The molecule has 1 aromatic rings. The maximum Gasteiger partial charge on any atom is 0.251 e. The number of benzene rings is 1. The van der Waals surface area contributed by atoms with Crippen LogP contribution < -0.4 is 5.73 Å². The predicted molar refractivity (Wildman–Crippen MR) is 97.6 cm³/mol. The Hall–Kier alpha value is -1.63. The molecule has 0 spiro atoms. The third-order valence-electron chi connectivity index (χ3n) is 4.84. The summed E-state index contributed by atoms with van der Waals surface area (Å²) in [7, 11) is 0. The van der Waals surface area contributed by atoms with Crippen molar-refractivity contribution in [2.45, 2.75) is 24.9 Å². The fourth-order valence-corrected chi connectivity index (χ4v) is 3.41. The van der Waals surface area contributed by atoms with Crippen LogP contribution in [0.25, 0.3) is 0 Å². The van der Waals surface area contributed by atoms with E-state index in [0.29, 0.717) is 32.8 Å². The van der Waals surface area contributed by atoms with Gasteiger partial charge in [0.25, 0.3) is 5.91 Å². The lowest BCUT2D eigenvalue weighted by atomic mass is 9.97. The lowest BCUT2D eigenvalue weighted by Crippen LogP contribution is -2.54. The van der Waals surface area contributed by atoms with Gasteiger partial charge in [0, 0.05) is 39.3 Å². The molecule has 3 rings (SSSR count). The quantitative estimate of drug-likeness (QED) is 0.861. The van der Waals surface area contributed by atoms with Crippen LogP contribution in [0.4, 0.5) is 0 Å². The Bertz CT molecular complexity index is 570. The largest absolute Gasteiger partial charge is 0.368 e. The van der Waals surface area contributed by atoms with Crippen molar-refractivity contribution < 1.29 is 14.3 Å². The number of rotatable bonds is 4. The number of piperazine rings is 1. The average molecular weight is 368 g/mol. The standard InChI is InChI=1S/C18H25N3O3.ClH/c19-13-15(14-5-2-1-3-6-14)17(22)20-8-10-21(11-9-20)18(23)16-7-4-12-24-16;/h1-3,5-6,15-16H,4,7-13,19H2;1H. The van der Waals surface area contributed by atoms with E-state index in [4.69, 9.17) is 10.5 Å². The molecule has 6 nitrogen and oxygen atoms in total. The van der Waals surface area contributed by atoms with Gasteiger partial charge in [-0.05, 0) is 18.4 Å². The van der Waals surface area contributed by atoms with E-state index in [0.717, 1.165) is 18.4 Å². The fourth-order valence-electron chi connectivity index (χ4n) is 3.41. The van der Waals surface area contributed by atoms with Gasteiger partial charge in [-0.1, -0.05) is 30.3 Å². The monoisotopic (exact) mass is 367 g/mol. The Morgan fingerprint density at radius 2 is 1.76 bits per heavy atom. The molecule has 0 aromatic heterocycles. The first kappa shape index (κ1) is 19.7. The molecule has 2 amide bonds. The molecule has 2 heterocycles. The molecule has 0 radical (unpaired) electrons. The van der Waals surface area contributed by atoms with Crippen molar-refractivity contribution in [3.63, 3.8) is 0 Å². The Balaban J connectivity index is 0.00000225. The van der Waals surface area contributed by atoms with E-state index in [1.165, 1.54) is 0 Å². The van der Waals surface area contributed by atoms with Gasteiger partial charge in [0.15, 0.2) is 0 Å². The number of amides is 2. The van der Waals surface area contributed by atoms with Crippen molar-refractivity contribution in [1.29, 1.82) is 0 Å². The van der Waals surface area contributed by atoms with E-state index >= 15 is 0 Å². The molecule has 2 aliphatic heterocycles. The molecule has 2 saturated heterocycles. The number of carbonyl (C=O) groups excluding carboxylic acids is 2. The molecule has 0 saturated carbocycles. The van der Waals surface area contributed by atoms with Crippen LogP contribution in [0.15, 0.2) is 30.3 Å². The molecule has 7 heteroatoms. The molecule has 2 fully saturated rings. The summed E-state index contributed by atoms with van der Waals surface area (Å²) in [5.41, 5.74) is 6.79. The molecular weight excluding hydrogens is 342 g/mol. The first-order chi connectivity index (χ1) is 11.7. The number of halogens is 1. The zero-order valence-corrected chi connectivity index (χ0v) is 15.1. The third-order valence-corrected chi connectivity index (χ3v) is 4.84. The molecule has 2 aliphatic rings. The summed E-state index contributed by atoms with van der Waals surface area (Å²) in [5, 5.41) is 0. The first-order valence-corrected chi connectivity index (χ1v) is 8.65. The minimum atomic E-state index is -0.313. The second-order valence-electron chi connectivity index (χ2n) is 6.35. The second-order valence-corrected chi connectivity index (χ2v) is 6.35. The number of hydrogen-bond acceptors (Lipinski definition) is 4. The minimum absolute atomic E-state index is 0. The molecule has 138 valence electrons. The Morgan fingerprint density at radius 1 is 1.12 bits per heavy atom. The van der Waals surface area contributed by atoms with Crippen LogP contribution >= 0.6 is 12.4 Å². The van der Waals surface area contributed by atoms with Crippen molar-refractivity contribution in [3.8, 4) is 0 Å². The zero-order valence-electron chi connectivity index (χ0n) is 14.3. The lowest BCUT2D eigenvalue weighted by molar-refractivity contribution is -0.146. The van der Waals surface area contributed by atoms with Gasteiger partial charge in [0.2, 0.25) is 5.91 Å². The molecule has 2 unspecified atom stereocenters. The number of ether oxygens (including phenoxy) is 1. The molecule has 2 atom stereocenters. The fraction of sp³-hybridized carbons (Fsp3) is 0.556. The summed E-state index contributed by atoms with van der Waals surface area (Å²) in [4.78, 5) is 28.8. The Kier molecular flexibility index (Phi) is 7.23. The number of hydrogen-bond donors (Lipinski definition) is 1. The van der Waals surface area contributed by atoms with Gasteiger partial charge in [-0.15, -0.1) is 12.4 Å². The van der Waals surface area contributed by atoms with E-state index in [2.05, 4.69) is 0 Å². The zero-order chi connectivity index (χ0) is 16.9. The van der Waals surface area contributed by atoms with Gasteiger partial charge in [-0.25, -0.2) is 0 Å². The van der Waals surface area contributed by atoms with Crippen molar-refractivity contribution in [1.82, 2.24) is 9.80 Å². The van der Waals surface area contributed by atoms with Crippen LogP contribution in [0, 0.1) is 0 Å². The van der Waals surface area contributed by atoms with E-state index < -0.39 is 0 Å². The van der Waals surface area contributed by atoms with Gasteiger partial charge in [-0.3, -0.25) is 9.59 Å². The summed E-state index contributed by atoms with van der Waals surface area (Å²) in [6, 6.07) is 9.64. The first-order valence-electron chi connectivity index (χ1n) is 8.65. The van der Waals surface area contributed by atoms with Crippen LogP contribution in [-0.2, 0) is 14.3 Å². The van der Waals surface area contributed by atoms with Crippen LogP contribution in [-0.4, -0.2) is 67.0 Å². The van der Waals surface area contributed by atoms with E-state index in [1.54, 1.807) is 0 Å². The highest BCUT2D eigenvalue weighted by atomic mass is 35.5. The molecule has 2 N–H and O–H groups in total. The Morgan fingerprint density at radius 3 is 2.32 bits per heavy atom. The van der Waals surface area contributed by atoms with Gasteiger partial charge in [0.05, 0.1) is 5.92 Å². The summed E-state index contributed by atoms with van der Waals surface area (Å²) in [5.74, 6) is -0.197. The minimum Gasteiger partial charge on any atom is -0.368 e. The van der Waals surface area contributed by atoms with Crippen LogP contribution in [0.3, 0.4) is 0 Å². The third kappa shape index (κ3) is 4.51. The average Bonchev–Trinajstić information content (AvgIpc) is 3.17. The maximum atomic E-state index is 12.8. The molecular formula is C18H26ClN3O3. The van der Waals surface area contributed by atoms with Crippen LogP contribution in [0.1, 0.15) is 24.3 Å². The van der Waals surface area contributed by atoms with Crippen molar-refractivity contribution in [2.24, 2.45) is 5.73 Å². The van der Waals surface area contributed by atoms with Crippen molar-refractivity contribution in [3.05, 3.63) is 35.9 Å².